The summed E-state index contributed by atoms with van der Waals surface area (Å²) in [6.45, 7) is 2.03. The highest BCUT2D eigenvalue weighted by Gasteiger charge is 2.16. The number of methoxy groups -OCH3 is 1. The van der Waals surface area contributed by atoms with E-state index in [2.05, 4.69) is 15.3 Å². The number of ether oxygens (including phenoxy) is 1. The molecule has 4 rings (SSSR count). The number of carbonyl (C=O) groups is 1. The van der Waals surface area contributed by atoms with Crippen molar-refractivity contribution in [2.45, 2.75) is 6.92 Å². The molecular weight excluding hydrogens is 318 g/mol. The van der Waals surface area contributed by atoms with Gasteiger partial charge < -0.3 is 14.5 Å². The molecule has 0 saturated heterocycles. The van der Waals surface area contributed by atoms with Gasteiger partial charge >= 0.3 is 5.97 Å². The van der Waals surface area contributed by atoms with E-state index >= 15 is 0 Å². The van der Waals surface area contributed by atoms with Gasteiger partial charge in [-0.2, -0.15) is 0 Å². The van der Waals surface area contributed by atoms with Crippen LogP contribution in [0.25, 0.3) is 22.1 Å². The van der Waals surface area contributed by atoms with Crippen LogP contribution in [-0.2, 0) is 4.74 Å². The van der Waals surface area contributed by atoms with Crippen LogP contribution in [0.5, 0.6) is 0 Å². The lowest BCUT2D eigenvalue weighted by Gasteiger charge is -2.06. The Bertz CT molecular complexity index is 1080. The quantitative estimate of drug-likeness (QED) is 0.566. The zero-order chi connectivity index (χ0) is 17.4. The van der Waals surface area contributed by atoms with Gasteiger partial charge in [-0.05, 0) is 37.3 Å². The van der Waals surface area contributed by atoms with Crippen LogP contribution in [0.1, 0.15) is 15.9 Å². The lowest BCUT2D eigenvalue weighted by Crippen LogP contribution is -2.00. The number of carbonyl (C=O) groups excluding carboxylic acids is 1. The largest absolute Gasteiger partial charge is 0.465 e. The second kappa shape index (κ2) is 5.90. The van der Waals surface area contributed by atoms with Gasteiger partial charge in [-0.15, -0.1) is 0 Å². The molecule has 0 spiro atoms. The molecule has 4 aromatic rings. The average molecular weight is 333 g/mol. The number of furan rings is 1. The first kappa shape index (κ1) is 15.1. The first-order valence-corrected chi connectivity index (χ1v) is 7.75. The number of nitrogens with one attached hydrogen (secondary N) is 1. The maximum atomic E-state index is 11.8. The smallest absolute Gasteiger partial charge is 0.337 e. The summed E-state index contributed by atoms with van der Waals surface area (Å²) in [6, 6.07) is 13.1. The molecule has 0 unspecified atom stereocenters. The summed E-state index contributed by atoms with van der Waals surface area (Å²) in [6.07, 6.45) is 1.45. The molecular formula is C19H15N3O3. The van der Waals surface area contributed by atoms with Crippen LogP contribution in [0.4, 0.5) is 11.5 Å². The highest BCUT2D eigenvalue weighted by atomic mass is 16.5. The van der Waals surface area contributed by atoms with Crippen molar-refractivity contribution in [2.75, 3.05) is 12.4 Å². The number of fused-ring (bicyclic) bond motifs is 3. The molecule has 25 heavy (non-hydrogen) atoms. The lowest BCUT2D eigenvalue weighted by atomic mass is 10.1. The summed E-state index contributed by atoms with van der Waals surface area (Å²) in [4.78, 5) is 20.4. The van der Waals surface area contributed by atoms with E-state index in [1.54, 1.807) is 18.2 Å². The summed E-state index contributed by atoms with van der Waals surface area (Å²) in [5.74, 6) is 0.218. The van der Waals surface area contributed by atoms with Crippen LogP contribution in [-0.4, -0.2) is 23.0 Å². The van der Waals surface area contributed by atoms with Crippen LogP contribution in [0, 0.1) is 6.92 Å². The molecule has 0 aliphatic heterocycles. The fourth-order valence-electron chi connectivity index (χ4n) is 2.72. The Labute approximate surface area is 143 Å². The van der Waals surface area contributed by atoms with Gasteiger partial charge in [0.05, 0.1) is 18.1 Å². The van der Waals surface area contributed by atoms with Crippen LogP contribution in [0.2, 0.25) is 0 Å². The topological polar surface area (TPSA) is 77.2 Å². The van der Waals surface area contributed by atoms with Crippen molar-refractivity contribution in [3.05, 3.63) is 59.9 Å². The van der Waals surface area contributed by atoms with E-state index in [1.807, 2.05) is 31.2 Å². The van der Waals surface area contributed by atoms with Crippen molar-refractivity contribution in [2.24, 2.45) is 0 Å². The summed E-state index contributed by atoms with van der Waals surface area (Å²) < 4.78 is 10.6. The third-order valence-electron chi connectivity index (χ3n) is 4.00. The van der Waals surface area contributed by atoms with Gasteiger partial charge in [0.1, 0.15) is 17.7 Å². The molecule has 0 amide bonds. The minimum absolute atomic E-state index is 0.402. The molecule has 0 saturated carbocycles. The van der Waals surface area contributed by atoms with E-state index in [-0.39, 0.29) is 0 Å². The first-order chi connectivity index (χ1) is 12.2. The van der Waals surface area contributed by atoms with Crippen molar-refractivity contribution in [3.63, 3.8) is 0 Å². The Hall–Kier alpha value is -3.41. The Morgan fingerprint density at radius 3 is 2.68 bits per heavy atom. The zero-order valence-electron chi connectivity index (χ0n) is 13.7. The van der Waals surface area contributed by atoms with Crippen molar-refractivity contribution in [3.8, 4) is 0 Å². The Balaban J connectivity index is 1.88. The van der Waals surface area contributed by atoms with Gasteiger partial charge in [-0.3, -0.25) is 0 Å². The molecule has 2 aromatic carbocycles. The van der Waals surface area contributed by atoms with E-state index in [4.69, 9.17) is 9.15 Å². The summed E-state index contributed by atoms with van der Waals surface area (Å²) in [5.41, 5.74) is 3.62. The maximum absolute atomic E-state index is 11.8. The van der Waals surface area contributed by atoms with Gasteiger partial charge in [0.2, 0.25) is 5.71 Å². The molecule has 0 fully saturated rings. The third-order valence-corrected chi connectivity index (χ3v) is 4.00. The number of nitrogens with zero attached hydrogens (tertiary/aromatic N) is 2. The van der Waals surface area contributed by atoms with E-state index in [0.29, 0.717) is 22.7 Å². The number of rotatable bonds is 3. The predicted molar refractivity (Wildman–Crippen MR) is 95.1 cm³/mol. The second-order valence-corrected chi connectivity index (χ2v) is 5.70. The van der Waals surface area contributed by atoms with Crippen molar-refractivity contribution in [1.82, 2.24) is 9.97 Å². The number of hydrogen-bond acceptors (Lipinski definition) is 6. The fraction of sp³-hybridized carbons (Fsp3) is 0.105. The zero-order valence-corrected chi connectivity index (χ0v) is 13.7. The molecule has 6 nitrogen and oxygen atoms in total. The van der Waals surface area contributed by atoms with Crippen molar-refractivity contribution < 1.29 is 13.9 Å². The monoisotopic (exact) mass is 333 g/mol. The molecule has 124 valence electrons. The second-order valence-electron chi connectivity index (χ2n) is 5.70. The van der Waals surface area contributed by atoms with E-state index in [1.165, 1.54) is 19.0 Å². The summed E-state index contributed by atoms with van der Waals surface area (Å²) in [5, 5.41) is 4.77. The number of hydrogen-bond donors (Lipinski definition) is 1. The molecule has 0 aliphatic carbocycles. The number of esters is 1. The van der Waals surface area contributed by atoms with Gasteiger partial charge in [0.25, 0.3) is 0 Å². The number of anilines is 2. The van der Waals surface area contributed by atoms with Crippen molar-refractivity contribution in [1.29, 1.82) is 0 Å². The molecule has 0 atom stereocenters. The number of aryl methyl sites for hydroxylation is 1. The highest BCUT2D eigenvalue weighted by molar-refractivity contribution is 6.11. The maximum Gasteiger partial charge on any atom is 0.337 e. The average Bonchev–Trinajstić information content (AvgIpc) is 3.01. The minimum Gasteiger partial charge on any atom is -0.465 e. The van der Waals surface area contributed by atoms with Gasteiger partial charge in [-0.25, -0.2) is 14.8 Å². The van der Waals surface area contributed by atoms with Crippen LogP contribution in [0.3, 0.4) is 0 Å². The SMILES string of the molecule is COC(=O)c1ccc2oc3ncnc(Nc4ccc(C)cc4)c3c2c1. The molecule has 2 heterocycles. The molecule has 6 heteroatoms. The Morgan fingerprint density at radius 2 is 1.92 bits per heavy atom. The number of benzene rings is 2. The first-order valence-electron chi connectivity index (χ1n) is 7.75. The molecule has 0 bridgehead atoms. The van der Waals surface area contributed by atoms with E-state index in [0.717, 1.165) is 16.5 Å². The summed E-state index contributed by atoms with van der Waals surface area (Å²) >= 11 is 0. The van der Waals surface area contributed by atoms with Gasteiger partial charge in [0.15, 0.2) is 0 Å². The fourth-order valence-corrected chi connectivity index (χ4v) is 2.72. The lowest BCUT2D eigenvalue weighted by molar-refractivity contribution is 0.0601. The molecule has 0 radical (unpaired) electrons. The Morgan fingerprint density at radius 1 is 1.12 bits per heavy atom. The van der Waals surface area contributed by atoms with E-state index < -0.39 is 5.97 Å². The van der Waals surface area contributed by atoms with Crippen LogP contribution < -0.4 is 5.32 Å². The van der Waals surface area contributed by atoms with Gasteiger partial charge in [0, 0.05) is 11.1 Å². The standard InChI is InChI=1S/C19H15N3O3/c1-11-3-6-13(7-4-11)22-17-16-14-9-12(19(23)24-2)5-8-15(14)25-18(16)21-10-20-17/h3-10H,1-2H3,(H,20,21,22). The summed E-state index contributed by atoms with van der Waals surface area (Å²) in [7, 11) is 1.35. The highest BCUT2D eigenvalue weighted by Crippen LogP contribution is 2.33. The van der Waals surface area contributed by atoms with Crippen LogP contribution >= 0.6 is 0 Å². The molecule has 1 N–H and O–H groups in total. The van der Waals surface area contributed by atoms with E-state index in [9.17, 15) is 4.79 Å². The normalized spacial score (nSPS) is 11.0. The number of aromatic nitrogens is 2. The van der Waals surface area contributed by atoms with Gasteiger partial charge in [-0.1, -0.05) is 17.7 Å². The Kier molecular flexibility index (Phi) is 3.57. The third kappa shape index (κ3) is 2.67. The van der Waals surface area contributed by atoms with Crippen molar-refractivity contribution >= 4 is 39.5 Å². The predicted octanol–water partition coefficient (Wildman–Crippen LogP) is 4.21. The molecule has 2 aromatic heterocycles. The van der Waals surface area contributed by atoms with Crippen LogP contribution in [0.15, 0.2) is 53.2 Å². The molecule has 0 aliphatic rings. The minimum atomic E-state index is -0.402.